The van der Waals surface area contributed by atoms with E-state index < -0.39 is 0 Å². The van der Waals surface area contributed by atoms with Gasteiger partial charge in [-0.1, -0.05) is 6.92 Å². The number of amides is 2. The smallest absolute Gasteiger partial charge is 0.246 e. The third kappa shape index (κ3) is 2.35. The van der Waals surface area contributed by atoms with Crippen LogP contribution in [0.3, 0.4) is 0 Å². The molecule has 1 aromatic rings. The fraction of sp³-hybridized carbons (Fsp3) is 0.600. The quantitative estimate of drug-likeness (QED) is 0.923. The molecule has 1 N–H and O–H groups in total. The van der Waals surface area contributed by atoms with E-state index in [4.69, 9.17) is 0 Å². The van der Waals surface area contributed by atoms with Gasteiger partial charge in [0.1, 0.15) is 12.1 Å². The van der Waals surface area contributed by atoms with Crippen molar-refractivity contribution in [1.82, 2.24) is 10.2 Å². The van der Waals surface area contributed by atoms with Crippen LogP contribution in [0.4, 0.5) is 0 Å². The Hall–Kier alpha value is -1.36. The van der Waals surface area contributed by atoms with Gasteiger partial charge in [0.15, 0.2) is 0 Å². The molecule has 4 nitrogen and oxygen atoms in total. The van der Waals surface area contributed by atoms with E-state index in [9.17, 15) is 9.59 Å². The summed E-state index contributed by atoms with van der Waals surface area (Å²) in [7, 11) is 0. The predicted molar refractivity (Wildman–Crippen MR) is 78.3 cm³/mol. The molecule has 2 aliphatic rings. The minimum atomic E-state index is -0.322. The lowest BCUT2D eigenvalue weighted by Crippen LogP contribution is -2.63. The topological polar surface area (TPSA) is 49.4 Å². The van der Waals surface area contributed by atoms with Crippen LogP contribution in [-0.2, 0) is 16.1 Å². The molecule has 1 aliphatic carbocycles. The van der Waals surface area contributed by atoms with Gasteiger partial charge in [0.2, 0.25) is 11.8 Å². The zero-order valence-corrected chi connectivity index (χ0v) is 12.7. The van der Waals surface area contributed by atoms with Crippen molar-refractivity contribution in [3.63, 3.8) is 0 Å². The number of thiophene rings is 1. The highest BCUT2D eigenvalue weighted by Gasteiger charge is 2.46. The van der Waals surface area contributed by atoms with Crippen molar-refractivity contribution in [3.8, 4) is 0 Å². The summed E-state index contributed by atoms with van der Waals surface area (Å²) in [6, 6.07) is -0.610. The highest BCUT2D eigenvalue weighted by molar-refractivity contribution is 7.08. The third-order valence-corrected chi connectivity index (χ3v) is 5.22. The fourth-order valence-electron chi connectivity index (χ4n) is 2.86. The summed E-state index contributed by atoms with van der Waals surface area (Å²) in [6.45, 7) is 4.57. The van der Waals surface area contributed by atoms with E-state index in [0.29, 0.717) is 18.9 Å². The van der Waals surface area contributed by atoms with Gasteiger partial charge in [0.25, 0.3) is 0 Å². The average Bonchev–Trinajstić information content (AvgIpc) is 3.18. The highest BCUT2D eigenvalue weighted by Crippen LogP contribution is 2.35. The monoisotopic (exact) mass is 292 g/mol. The summed E-state index contributed by atoms with van der Waals surface area (Å²) in [6.07, 6.45) is 2.77. The summed E-state index contributed by atoms with van der Waals surface area (Å²) in [5.41, 5.74) is 2.36. The Bertz CT molecular complexity index is 536. The molecule has 0 radical (unpaired) electrons. The molecule has 1 saturated carbocycles. The van der Waals surface area contributed by atoms with Crippen LogP contribution in [0.25, 0.3) is 0 Å². The first-order valence-electron chi connectivity index (χ1n) is 7.24. The number of piperazine rings is 1. The summed E-state index contributed by atoms with van der Waals surface area (Å²) in [4.78, 5) is 26.7. The van der Waals surface area contributed by atoms with Gasteiger partial charge in [0.05, 0.1) is 0 Å². The number of carbonyl (C=O) groups is 2. The van der Waals surface area contributed by atoms with Crippen LogP contribution in [0.1, 0.15) is 37.3 Å². The molecule has 0 aromatic carbocycles. The molecule has 2 atom stereocenters. The van der Waals surface area contributed by atoms with Crippen LogP contribution >= 0.6 is 11.3 Å². The molecule has 108 valence electrons. The lowest BCUT2D eigenvalue weighted by Gasteiger charge is -2.39. The zero-order chi connectivity index (χ0) is 14.3. The number of carbonyl (C=O) groups excluding carboxylic acids is 2. The van der Waals surface area contributed by atoms with E-state index in [-0.39, 0.29) is 23.9 Å². The Morgan fingerprint density at radius 1 is 1.35 bits per heavy atom. The van der Waals surface area contributed by atoms with Gasteiger partial charge in [-0.2, -0.15) is 11.3 Å². The van der Waals surface area contributed by atoms with Crippen molar-refractivity contribution in [2.24, 2.45) is 5.92 Å². The van der Waals surface area contributed by atoms with Crippen molar-refractivity contribution in [1.29, 1.82) is 0 Å². The molecule has 1 aromatic heterocycles. The molecule has 2 fully saturated rings. The fourth-order valence-corrected chi connectivity index (χ4v) is 3.71. The number of nitrogens with one attached hydrogen (secondary N) is 1. The second kappa shape index (κ2) is 5.20. The van der Waals surface area contributed by atoms with E-state index in [1.54, 1.807) is 16.2 Å². The van der Waals surface area contributed by atoms with Gasteiger partial charge in [-0.15, -0.1) is 0 Å². The van der Waals surface area contributed by atoms with Crippen LogP contribution in [0, 0.1) is 12.8 Å². The second-order valence-electron chi connectivity index (χ2n) is 5.79. The van der Waals surface area contributed by atoms with Crippen molar-refractivity contribution in [2.75, 3.05) is 0 Å². The van der Waals surface area contributed by atoms with Gasteiger partial charge >= 0.3 is 0 Å². The lowest BCUT2D eigenvalue weighted by molar-refractivity contribution is -0.150. The largest absolute Gasteiger partial charge is 0.342 e. The Kier molecular flexibility index (Phi) is 3.54. The molecule has 1 saturated heterocycles. The minimum Gasteiger partial charge on any atom is -0.342 e. The first-order chi connectivity index (χ1) is 9.61. The van der Waals surface area contributed by atoms with Gasteiger partial charge in [-0.3, -0.25) is 9.59 Å². The predicted octanol–water partition coefficient (Wildman–Crippen LogP) is 2.07. The molecule has 2 amide bonds. The first-order valence-corrected chi connectivity index (χ1v) is 8.18. The molecular formula is C15H20N2O2S. The molecule has 0 bridgehead atoms. The molecule has 2 heterocycles. The summed E-state index contributed by atoms with van der Waals surface area (Å²) >= 11 is 1.65. The Balaban J connectivity index is 1.84. The molecular weight excluding hydrogens is 272 g/mol. The molecule has 5 heteroatoms. The SMILES string of the molecule is CCC1C(=O)NC(C2CC2)C(=O)N1Cc1cscc1C. The van der Waals surface area contributed by atoms with E-state index >= 15 is 0 Å². The summed E-state index contributed by atoms with van der Waals surface area (Å²) < 4.78 is 0. The Morgan fingerprint density at radius 2 is 2.10 bits per heavy atom. The first kappa shape index (κ1) is 13.6. The molecule has 2 unspecified atom stereocenters. The van der Waals surface area contributed by atoms with Crippen molar-refractivity contribution in [3.05, 3.63) is 21.9 Å². The normalized spacial score (nSPS) is 26.8. The number of aryl methyl sites for hydroxylation is 1. The van der Waals surface area contributed by atoms with Gasteiger partial charge in [-0.25, -0.2) is 0 Å². The zero-order valence-electron chi connectivity index (χ0n) is 11.9. The summed E-state index contributed by atoms with van der Waals surface area (Å²) in [5.74, 6) is 0.469. The average molecular weight is 292 g/mol. The van der Waals surface area contributed by atoms with Crippen molar-refractivity contribution < 1.29 is 9.59 Å². The van der Waals surface area contributed by atoms with E-state index in [0.717, 1.165) is 18.4 Å². The number of hydrogen-bond acceptors (Lipinski definition) is 3. The molecule has 1 aliphatic heterocycles. The maximum atomic E-state index is 12.7. The van der Waals surface area contributed by atoms with Crippen LogP contribution in [-0.4, -0.2) is 28.8 Å². The van der Waals surface area contributed by atoms with Crippen LogP contribution < -0.4 is 5.32 Å². The van der Waals surface area contributed by atoms with Gasteiger partial charge in [-0.05, 0) is 54.0 Å². The van der Waals surface area contributed by atoms with Crippen molar-refractivity contribution in [2.45, 2.75) is 51.7 Å². The maximum Gasteiger partial charge on any atom is 0.246 e. The van der Waals surface area contributed by atoms with E-state index in [1.165, 1.54) is 5.56 Å². The van der Waals surface area contributed by atoms with Crippen LogP contribution in [0.5, 0.6) is 0 Å². The van der Waals surface area contributed by atoms with Crippen LogP contribution in [0.2, 0.25) is 0 Å². The molecule has 3 rings (SSSR count). The molecule has 0 spiro atoms. The lowest BCUT2D eigenvalue weighted by atomic mass is 10.0. The van der Waals surface area contributed by atoms with Gasteiger partial charge < -0.3 is 10.2 Å². The van der Waals surface area contributed by atoms with Crippen molar-refractivity contribution >= 4 is 23.2 Å². The second-order valence-corrected chi connectivity index (χ2v) is 6.54. The minimum absolute atomic E-state index is 0.0110. The van der Waals surface area contributed by atoms with E-state index in [2.05, 4.69) is 23.0 Å². The number of hydrogen-bond donors (Lipinski definition) is 1. The maximum absolute atomic E-state index is 12.7. The summed E-state index contributed by atoms with van der Waals surface area (Å²) in [5, 5.41) is 7.09. The Labute approximate surface area is 123 Å². The van der Waals surface area contributed by atoms with Gasteiger partial charge in [0, 0.05) is 6.54 Å². The Morgan fingerprint density at radius 3 is 2.65 bits per heavy atom. The number of nitrogens with zero attached hydrogens (tertiary/aromatic N) is 1. The highest BCUT2D eigenvalue weighted by atomic mass is 32.1. The van der Waals surface area contributed by atoms with E-state index in [1.807, 2.05) is 6.92 Å². The molecule has 20 heavy (non-hydrogen) atoms. The third-order valence-electron chi connectivity index (χ3n) is 4.31. The number of rotatable bonds is 4. The standard InChI is InChI=1S/C15H20N2O2S/c1-3-12-14(18)16-13(10-4-5-10)15(19)17(12)6-11-8-20-7-9(11)2/h7-8,10,12-13H,3-6H2,1-2H3,(H,16,18). The van der Waals surface area contributed by atoms with Crippen LogP contribution in [0.15, 0.2) is 10.8 Å².